The highest BCUT2D eigenvalue weighted by Gasteiger charge is 2.40. The molecule has 9 heteroatoms. The van der Waals surface area contributed by atoms with Crippen molar-refractivity contribution in [3.63, 3.8) is 0 Å². The highest BCUT2D eigenvalue weighted by molar-refractivity contribution is 5.93. The molecule has 2 aromatic carbocycles. The number of likely N-dealkylation sites (tertiary alicyclic amines) is 1. The van der Waals surface area contributed by atoms with Crippen molar-refractivity contribution in [3.05, 3.63) is 48.5 Å². The highest BCUT2D eigenvalue weighted by Crippen LogP contribution is 2.35. The van der Waals surface area contributed by atoms with Crippen LogP contribution in [0, 0.1) is 17.7 Å². The molecule has 2 aliphatic rings. The van der Waals surface area contributed by atoms with Crippen molar-refractivity contribution in [3.8, 4) is 11.5 Å². The van der Waals surface area contributed by atoms with E-state index >= 15 is 0 Å². The summed E-state index contributed by atoms with van der Waals surface area (Å²) in [7, 11) is 1.60. The quantitative estimate of drug-likeness (QED) is 0.397. The van der Waals surface area contributed by atoms with Gasteiger partial charge in [0.05, 0.1) is 31.8 Å². The fraction of sp³-hybridized carbons (Fsp3) is 0.400. The second-order valence-corrected chi connectivity index (χ2v) is 8.66. The van der Waals surface area contributed by atoms with Gasteiger partial charge in [0.2, 0.25) is 0 Å². The lowest BCUT2D eigenvalue weighted by Crippen LogP contribution is -2.31. The summed E-state index contributed by atoms with van der Waals surface area (Å²) >= 11 is 0. The minimum absolute atomic E-state index is 0.0160. The largest absolute Gasteiger partial charge is 0.493 e. The minimum Gasteiger partial charge on any atom is -0.493 e. The molecule has 2 fully saturated rings. The lowest BCUT2D eigenvalue weighted by molar-refractivity contribution is -0.154. The second kappa shape index (κ2) is 9.80. The van der Waals surface area contributed by atoms with Crippen LogP contribution in [-0.2, 0) is 9.53 Å². The van der Waals surface area contributed by atoms with Crippen molar-refractivity contribution in [2.24, 2.45) is 11.8 Å². The first-order chi connectivity index (χ1) is 16.6. The standard InChI is InChI=1S/C25H27FN4O4/c1-32-22-12-21-19(24(28-15-27-21)29-18-5-3-17(26)4-6-18)11-23(22)33-9-2-8-30-13-16-7-10-34-25(31)20(16)14-30/h3-6,11-12,15-16,20H,2,7-10,13-14H2,1H3,(H,27,28,29). The van der Waals surface area contributed by atoms with Gasteiger partial charge in [-0.25, -0.2) is 14.4 Å². The summed E-state index contributed by atoms with van der Waals surface area (Å²) in [6.07, 6.45) is 3.24. The summed E-state index contributed by atoms with van der Waals surface area (Å²) in [5.74, 6) is 1.86. The molecular formula is C25H27FN4O4. The fourth-order valence-corrected chi connectivity index (χ4v) is 4.70. The molecule has 0 bridgehead atoms. The van der Waals surface area contributed by atoms with E-state index in [-0.39, 0.29) is 17.7 Å². The molecule has 5 rings (SSSR count). The summed E-state index contributed by atoms with van der Waals surface area (Å²) in [5.41, 5.74) is 1.42. The predicted octanol–water partition coefficient (Wildman–Crippen LogP) is 3.78. The Morgan fingerprint density at radius 3 is 2.82 bits per heavy atom. The van der Waals surface area contributed by atoms with Gasteiger partial charge in [-0.05, 0) is 49.1 Å². The summed E-state index contributed by atoms with van der Waals surface area (Å²) < 4.78 is 30.1. The van der Waals surface area contributed by atoms with E-state index < -0.39 is 0 Å². The number of hydrogen-bond donors (Lipinski definition) is 1. The van der Waals surface area contributed by atoms with E-state index in [1.54, 1.807) is 19.2 Å². The van der Waals surface area contributed by atoms with Crippen LogP contribution in [0.25, 0.3) is 10.9 Å². The molecule has 0 radical (unpaired) electrons. The number of nitrogens with one attached hydrogen (secondary N) is 1. The number of anilines is 2. The van der Waals surface area contributed by atoms with Gasteiger partial charge < -0.3 is 24.4 Å². The fourth-order valence-electron chi connectivity index (χ4n) is 4.70. The minimum atomic E-state index is -0.300. The molecule has 2 atom stereocenters. The third-order valence-electron chi connectivity index (χ3n) is 6.46. The van der Waals surface area contributed by atoms with Crippen molar-refractivity contribution < 1.29 is 23.4 Å². The number of carbonyl (C=O) groups is 1. The Hall–Kier alpha value is -3.46. The third kappa shape index (κ3) is 4.75. The van der Waals surface area contributed by atoms with Crippen LogP contribution in [0.15, 0.2) is 42.7 Å². The first-order valence-corrected chi connectivity index (χ1v) is 11.5. The van der Waals surface area contributed by atoms with Crippen LogP contribution >= 0.6 is 0 Å². The number of hydrogen-bond acceptors (Lipinski definition) is 8. The number of esters is 1. The van der Waals surface area contributed by atoms with Crippen LogP contribution in [-0.4, -0.2) is 60.8 Å². The van der Waals surface area contributed by atoms with Crippen molar-refractivity contribution >= 4 is 28.4 Å². The zero-order valence-electron chi connectivity index (χ0n) is 19.0. The predicted molar refractivity (Wildman–Crippen MR) is 125 cm³/mol. The molecule has 1 N–H and O–H groups in total. The van der Waals surface area contributed by atoms with E-state index in [0.717, 1.165) is 43.5 Å². The first kappa shape index (κ1) is 22.3. The van der Waals surface area contributed by atoms with E-state index in [9.17, 15) is 9.18 Å². The molecule has 0 aliphatic carbocycles. The van der Waals surface area contributed by atoms with Gasteiger partial charge in [0, 0.05) is 36.8 Å². The molecule has 2 aliphatic heterocycles. The monoisotopic (exact) mass is 466 g/mol. The Labute approximate surface area is 197 Å². The molecule has 8 nitrogen and oxygen atoms in total. The summed E-state index contributed by atoms with van der Waals surface area (Å²) in [6.45, 7) is 3.61. The molecule has 1 aromatic heterocycles. The lowest BCUT2D eigenvalue weighted by atomic mass is 9.91. The number of methoxy groups -OCH3 is 1. The summed E-state index contributed by atoms with van der Waals surface area (Å²) in [6, 6.07) is 9.76. The molecule has 2 saturated heterocycles. The van der Waals surface area contributed by atoms with Crippen molar-refractivity contribution in [1.82, 2.24) is 14.9 Å². The normalized spacial score (nSPS) is 20.1. The van der Waals surface area contributed by atoms with Crippen LogP contribution < -0.4 is 14.8 Å². The zero-order valence-corrected chi connectivity index (χ0v) is 19.0. The van der Waals surface area contributed by atoms with Crippen molar-refractivity contribution in [2.75, 3.05) is 45.3 Å². The zero-order chi connectivity index (χ0) is 23.5. The maximum Gasteiger partial charge on any atom is 0.310 e. The molecule has 0 amide bonds. The van der Waals surface area contributed by atoms with Gasteiger partial charge in [-0.3, -0.25) is 4.79 Å². The summed E-state index contributed by atoms with van der Waals surface area (Å²) in [5, 5.41) is 3.98. The van der Waals surface area contributed by atoms with Gasteiger partial charge in [-0.15, -0.1) is 0 Å². The smallest absolute Gasteiger partial charge is 0.310 e. The van der Waals surface area contributed by atoms with E-state index in [1.807, 2.05) is 12.1 Å². The Morgan fingerprint density at radius 2 is 2.03 bits per heavy atom. The van der Waals surface area contributed by atoms with Gasteiger partial charge in [0.1, 0.15) is 18.0 Å². The molecule has 2 unspecified atom stereocenters. The number of benzene rings is 2. The maximum atomic E-state index is 13.2. The third-order valence-corrected chi connectivity index (χ3v) is 6.46. The first-order valence-electron chi connectivity index (χ1n) is 11.5. The second-order valence-electron chi connectivity index (χ2n) is 8.66. The number of fused-ring (bicyclic) bond motifs is 2. The summed E-state index contributed by atoms with van der Waals surface area (Å²) in [4.78, 5) is 23.0. The number of halogens is 1. The van der Waals surface area contributed by atoms with Crippen LogP contribution in [0.3, 0.4) is 0 Å². The topological polar surface area (TPSA) is 85.8 Å². The van der Waals surface area contributed by atoms with Gasteiger partial charge in [-0.2, -0.15) is 0 Å². The van der Waals surface area contributed by atoms with Crippen molar-refractivity contribution in [2.45, 2.75) is 12.8 Å². The van der Waals surface area contributed by atoms with E-state index in [0.29, 0.717) is 42.0 Å². The number of aromatic nitrogens is 2. The molecule has 3 aromatic rings. The Balaban J connectivity index is 1.25. The molecule has 178 valence electrons. The Morgan fingerprint density at radius 1 is 1.18 bits per heavy atom. The number of carbonyl (C=O) groups excluding carboxylic acids is 1. The molecule has 0 spiro atoms. The highest BCUT2D eigenvalue weighted by atomic mass is 19.1. The number of nitrogens with zero attached hydrogens (tertiary/aromatic N) is 3. The SMILES string of the molecule is COc1cc2ncnc(Nc3ccc(F)cc3)c2cc1OCCCN1CC2CCOC(=O)C2C1. The van der Waals surface area contributed by atoms with Gasteiger partial charge in [-0.1, -0.05) is 0 Å². The maximum absolute atomic E-state index is 13.2. The average Bonchev–Trinajstić information content (AvgIpc) is 3.27. The average molecular weight is 467 g/mol. The van der Waals surface area contributed by atoms with Crippen LogP contribution in [0.4, 0.5) is 15.9 Å². The number of ether oxygens (including phenoxy) is 3. The van der Waals surface area contributed by atoms with Gasteiger partial charge in [0.15, 0.2) is 11.5 Å². The molecule has 0 saturated carbocycles. The Kier molecular flexibility index (Phi) is 6.44. The van der Waals surface area contributed by atoms with E-state index in [4.69, 9.17) is 14.2 Å². The van der Waals surface area contributed by atoms with Gasteiger partial charge >= 0.3 is 5.97 Å². The molecule has 34 heavy (non-hydrogen) atoms. The lowest BCUT2D eigenvalue weighted by Gasteiger charge is -2.22. The molecular weight excluding hydrogens is 439 g/mol. The number of cyclic esters (lactones) is 1. The van der Waals surface area contributed by atoms with Crippen molar-refractivity contribution in [1.29, 1.82) is 0 Å². The van der Waals surface area contributed by atoms with E-state index in [1.165, 1.54) is 18.5 Å². The van der Waals surface area contributed by atoms with Crippen LogP contribution in [0.5, 0.6) is 11.5 Å². The van der Waals surface area contributed by atoms with E-state index in [2.05, 4.69) is 20.2 Å². The van der Waals surface area contributed by atoms with Crippen LogP contribution in [0.2, 0.25) is 0 Å². The van der Waals surface area contributed by atoms with Gasteiger partial charge in [0.25, 0.3) is 0 Å². The molecule has 3 heterocycles. The Bertz CT molecular complexity index is 1170. The van der Waals surface area contributed by atoms with Crippen LogP contribution in [0.1, 0.15) is 12.8 Å². The number of rotatable bonds is 8.